The normalized spacial score (nSPS) is 5.86. The molecule has 0 aliphatic rings. The van der Waals surface area contributed by atoms with Crippen LogP contribution in [-0.4, -0.2) is 30.1 Å². The topological polar surface area (TPSA) is 46.5 Å². The average Bonchev–Trinajstić information content (AvgIpc) is 1.65. The van der Waals surface area contributed by atoms with Gasteiger partial charge in [-0.05, 0) is 0 Å². The number of hydrogen-bond donors (Lipinski definition) is 1. The van der Waals surface area contributed by atoms with Gasteiger partial charge in [-0.25, -0.2) is 4.79 Å². The summed E-state index contributed by atoms with van der Waals surface area (Å²) in [6.07, 6.45) is 0.861. The van der Waals surface area contributed by atoms with Crippen molar-refractivity contribution < 1.29 is 14.9 Å². The van der Waals surface area contributed by atoms with Crippen molar-refractivity contribution in [2.75, 3.05) is 0 Å². The van der Waals surface area contributed by atoms with E-state index >= 15 is 0 Å². The molecule has 3 nitrogen and oxygen atoms in total. The van der Waals surface area contributed by atoms with E-state index in [4.69, 9.17) is 5.26 Å². The average molecular weight is 95.0 g/mol. The van der Waals surface area contributed by atoms with E-state index in [1.807, 2.05) is 0 Å². The minimum atomic E-state index is -0.838. The van der Waals surface area contributed by atoms with Crippen molar-refractivity contribution in [1.82, 2.24) is 0 Å². The molecule has 4 heteroatoms. The molecule has 0 fully saturated rings. The molecule has 0 saturated heterocycles. The molecule has 0 spiro atoms. The fourth-order valence-electron chi connectivity index (χ4n) is 0.0373. The molecule has 0 aromatic carbocycles. The largest absolute Gasteiger partial charge is 0.365 e. The van der Waals surface area contributed by atoms with E-state index in [0.717, 1.165) is 6.08 Å². The molecule has 1 N–H and O–H groups in total. The third-order valence-corrected chi connectivity index (χ3v) is 0.257. The van der Waals surface area contributed by atoms with Crippen LogP contribution in [0.15, 0.2) is 12.7 Å². The Labute approximate surface area is 53.1 Å². The van der Waals surface area contributed by atoms with Gasteiger partial charge in [0, 0.05) is 24.9 Å². The number of hydrogen-bond acceptors (Lipinski definition) is 3. The van der Waals surface area contributed by atoms with Crippen molar-refractivity contribution in [2.45, 2.75) is 0 Å². The van der Waals surface area contributed by atoms with Gasteiger partial charge in [-0.3, -0.25) is 4.89 Å². The van der Waals surface area contributed by atoms with Gasteiger partial charge in [-0.15, -0.1) is 0 Å². The Balaban J connectivity index is 0. The third-order valence-electron chi connectivity index (χ3n) is 0.257. The molecule has 35 valence electrons. The van der Waals surface area contributed by atoms with Crippen LogP contribution < -0.4 is 0 Å². The van der Waals surface area contributed by atoms with Crippen LogP contribution in [0, 0.1) is 0 Å². The van der Waals surface area contributed by atoms with E-state index in [9.17, 15) is 4.79 Å². The molecule has 0 aromatic heterocycles. The van der Waals surface area contributed by atoms with Crippen molar-refractivity contribution in [3.8, 4) is 0 Å². The van der Waals surface area contributed by atoms with Gasteiger partial charge in [-0.2, -0.15) is 5.26 Å². The van der Waals surface area contributed by atoms with E-state index in [2.05, 4.69) is 11.5 Å². The Bertz CT molecular complexity index is 70.6. The molecule has 0 unspecified atom stereocenters. The first-order valence-electron chi connectivity index (χ1n) is 1.29. The maximum absolute atomic E-state index is 9.59. The molecule has 0 heterocycles. The minimum absolute atomic E-state index is 0. The first-order valence-corrected chi connectivity index (χ1v) is 1.29. The second kappa shape index (κ2) is 5.77. The van der Waals surface area contributed by atoms with Crippen LogP contribution in [0.5, 0.6) is 0 Å². The van der Waals surface area contributed by atoms with Crippen molar-refractivity contribution in [1.29, 1.82) is 0 Å². The zero-order valence-electron chi connectivity index (χ0n) is 4.05. The Morgan fingerprint density at radius 1 is 1.86 bits per heavy atom. The second-order valence-corrected chi connectivity index (χ2v) is 0.614. The summed E-state index contributed by atoms with van der Waals surface area (Å²) in [7, 11) is 0. The number of carbonyl (C=O) groups is 1. The zero-order valence-corrected chi connectivity index (χ0v) is 4.05. The van der Waals surface area contributed by atoms with Gasteiger partial charge in [0.05, 0.1) is 0 Å². The molecule has 7 heavy (non-hydrogen) atoms. The maximum Gasteiger partial charge on any atom is 0.365 e. The third kappa shape index (κ3) is 5.77. The monoisotopic (exact) mass is 95.0 g/mol. The predicted octanol–water partition coefficient (Wildman–Crippen LogP) is -0.192. The van der Waals surface area contributed by atoms with Crippen LogP contribution in [-0.2, 0) is 9.68 Å². The van der Waals surface area contributed by atoms with Gasteiger partial charge in [0.1, 0.15) is 0 Å². The van der Waals surface area contributed by atoms with Crippen molar-refractivity contribution in [3.63, 3.8) is 0 Å². The van der Waals surface area contributed by atoms with Crippen LogP contribution in [0.2, 0.25) is 0 Å². The SMILES string of the molecule is C=CC(=O)OO.[Li]. The Morgan fingerprint density at radius 2 is 2.29 bits per heavy atom. The van der Waals surface area contributed by atoms with Gasteiger partial charge < -0.3 is 0 Å². The zero-order chi connectivity index (χ0) is 4.99. The van der Waals surface area contributed by atoms with E-state index in [0.29, 0.717) is 0 Å². The van der Waals surface area contributed by atoms with Crippen molar-refractivity contribution >= 4 is 24.8 Å². The summed E-state index contributed by atoms with van der Waals surface area (Å²) < 4.78 is 0. The Morgan fingerprint density at radius 3 is 2.29 bits per heavy atom. The minimum Gasteiger partial charge on any atom is -0.296 e. The van der Waals surface area contributed by atoms with Crippen LogP contribution in [0.25, 0.3) is 0 Å². The van der Waals surface area contributed by atoms with Gasteiger partial charge in [0.2, 0.25) is 0 Å². The molecule has 0 bridgehead atoms. The van der Waals surface area contributed by atoms with Crippen LogP contribution in [0.3, 0.4) is 0 Å². The number of rotatable bonds is 1. The van der Waals surface area contributed by atoms with Gasteiger partial charge >= 0.3 is 5.97 Å². The van der Waals surface area contributed by atoms with Crippen molar-refractivity contribution in [2.24, 2.45) is 0 Å². The Kier molecular flexibility index (Phi) is 8.16. The summed E-state index contributed by atoms with van der Waals surface area (Å²) >= 11 is 0. The van der Waals surface area contributed by atoms with E-state index in [-0.39, 0.29) is 18.9 Å². The van der Waals surface area contributed by atoms with E-state index < -0.39 is 5.97 Å². The van der Waals surface area contributed by atoms with Crippen LogP contribution in [0.1, 0.15) is 0 Å². The summed E-state index contributed by atoms with van der Waals surface area (Å²) in [5.41, 5.74) is 0. The van der Waals surface area contributed by atoms with E-state index in [1.165, 1.54) is 0 Å². The summed E-state index contributed by atoms with van der Waals surface area (Å²) in [5.74, 6) is -0.838. The van der Waals surface area contributed by atoms with Crippen molar-refractivity contribution in [3.05, 3.63) is 12.7 Å². The summed E-state index contributed by atoms with van der Waals surface area (Å²) in [4.78, 5) is 12.7. The standard InChI is InChI=1S/C3H4O3.Li/c1-2-3(4)6-5;/h2,5H,1H2;. The fourth-order valence-corrected chi connectivity index (χ4v) is 0.0373. The van der Waals surface area contributed by atoms with Gasteiger partial charge in [-0.1, -0.05) is 6.58 Å². The second-order valence-electron chi connectivity index (χ2n) is 0.614. The maximum atomic E-state index is 9.59. The van der Waals surface area contributed by atoms with Gasteiger partial charge in [0.15, 0.2) is 0 Å². The Hall–Kier alpha value is -0.233. The predicted molar refractivity (Wildman–Crippen MR) is 24.7 cm³/mol. The first kappa shape index (κ1) is 9.90. The molecule has 0 amide bonds. The summed E-state index contributed by atoms with van der Waals surface area (Å²) in [6, 6.07) is 0. The molecular weight excluding hydrogens is 91.0 g/mol. The molecule has 0 saturated carbocycles. The summed E-state index contributed by atoms with van der Waals surface area (Å²) in [5, 5.41) is 7.41. The fraction of sp³-hybridized carbons (Fsp3) is 0. The molecule has 0 rings (SSSR count). The van der Waals surface area contributed by atoms with Gasteiger partial charge in [0.25, 0.3) is 0 Å². The van der Waals surface area contributed by atoms with E-state index in [1.54, 1.807) is 0 Å². The molecule has 0 aliphatic carbocycles. The smallest absolute Gasteiger partial charge is 0.296 e. The molecule has 0 aliphatic heterocycles. The molecule has 0 atom stereocenters. The first-order chi connectivity index (χ1) is 2.81. The van der Waals surface area contributed by atoms with Crippen LogP contribution in [0.4, 0.5) is 0 Å². The quantitative estimate of drug-likeness (QED) is 0.212. The molecular formula is C3H4LiO3. The molecule has 1 radical (unpaired) electrons. The molecule has 0 aromatic rings. The number of carbonyl (C=O) groups excluding carboxylic acids is 1. The van der Waals surface area contributed by atoms with Crippen LogP contribution >= 0.6 is 0 Å². The summed E-state index contributed by atoms with van der Waals surface area (Å²) in [6.45, 7) is 3.00.